The molecule has 0 spiro atoms. The number of hydrogen-bond acceptors (Lipinski definition) is 2. The van der Waals surface area contributed by atoms with Crippen LogP contribution in [0.2, 0.25) is 5.15 Å². The molecule has 0 saturated heterocycles. The van der Waals surface area contributed by atoms with Crippen LogP contribution in [0.5, 0.6) is 0 Å². The molecule has 0 unspecified atom stereocenters. The van der Waals surface area contributed by atoms with Gasteiger partial charge in [0.15, 0.2) is 0 Å². The lowest BCUT2D eigenvalue weighted by Crippen LogP contribution is -1.99. The fraction of sp³-hybridized carbons (Fsp3) is 0.222. The number of pyridine rings is 1. The number of nitrogens with two attached hydrogens (primary N) is 1. The van der Waals surface area contributed by atoms with Crippen LogP contribution >= 0.6 is 11.6 Å². The molecule has 2 rings (SSSR count). The van der Waals surface area contributed by atoms with E-state index in [9.17, 15) is 0 Å². The van der Waals surface area contributed by atoms with Crippen molar-refractivity contribution in [2.75, 3.05) is 0 Å². The number of aryl methyl sites for hydroxylation is 1. The molecule has 0 aromatic carbocycles. The van der Waals surface area contributed by atoms with Gasteiger partial charge in [0, 0.05) is 18.3 Å². The van der Waals surface area contributed by atoms with E-state index in [2.05, 4.69) is 4.98 Å². The molecule has 0 aliphatic heterocycles. The predicted molar refractivity (Wildman–Crippen MR) is 52.8 cm³/mol. The first-order valence-corrected chi connectivity index (χ1v) is 4.44. The molecule has 0 aliphatic carbocycles. The third-order valence-corrected chi connectivity index (χ3v) is 2.51. The maximum Gasteiger partial charge on any atom is 0.142 e. The van der Waals surface area contributed by atoms with Gasteiger partial charge in [-0.05, 0) is 13.0 Å². The Morgan fingerprint density at radius 1 is 1.62 bits per heavy atom. The molecule has 0 amide bonds. The smallest absolute Gasteiger partial charge is 0.142 e. The van der Waals surface area contributed by atoms with Crippen molar-refractivity contribution < 1.29 is 0 Å². The summed E-state index contributed by atoms with van der Waals surface area (Å²) in [5.74, 6) is 0. The van der Waals surface area contributed by atoms with E-state index in [1.807, 2.05) is 29.7 Å². The zero-order valence-electron chi connectivity index (χ0n) is 7.29. The average Bonchev–Trinajstić information content (AvgIpc) is 2.43. The zero-order chi connectivity index (χ0) is 9.42. The van der Waals surface area contributed by atoms with Gasteiger partial charge in [0.05, 0.1) is 5.69 Å². The largest absolute Gasteiger partial charge is 0.326 e. The second-order valence-corrected chi connectivity index (χ2v) is 3.28. The minimum Gasteiger partial charge on any atom is -0.326 e. The van der Waals surface area contributed by atoms with Gasteiger partial charge < -0.3 is 5.73 Å². The Morgan fingerprint density at radius 2 is 2.38 bits per heavy atom. The highest BCUT2D eigenvalue weighted by atomic mass is 35.5. The molecular weight excluding hydrogens is 186 g/mol. The Balaban J connectivity index is 2.84. The maximum absolute atomic E-state index is 6.03. The lowest BCUT2D eigenvalue weighted by molar-refractivity contribution is 1.04. The lowest BCUT2D eigenvalue weighted by atomic mass is 10.3. The van der Waals surface area contributed by atoms with Crippen molar-refractivity contribution in [2.45, 2.75) is 13.5 Å². The highest BCUT2D eigenvalue weighted by molar-refractivity contribution is 6.30. The quantitative estimate of drug-likeness (QED) is 0.754. The second kappa shape index (κ2) is 3.01. The van der Waals surface area contributed by atoms with Crippen LogP contribution in [0.25, 0.3) is 5.65 Å². The highest BCUT2D eigenvalue weighted by Gasteiger charge is 2.07. The Hall–Kier alpha value is -1.06. The van der Waals surface area contributed by atoms with Crippen LogP contribution in [-0.2, 0) is 6.54 Å². The molecule has 3 nitrogen and oxygen atoms in total. The first kappa shape index (κ1) is 8.53. The zero-order valence-corrected chi connectivity index (χ0v) is 8.04. The predicted octanol–water partition coefficient (Wildman–Crippen LogP) is 1.75. The van der Waals surface area contributed by atoms with E-state index in [0.29, 0.717) is 11.7 Å². The first-order chi connectivity index (χ1) is 6.24. The van der Waals surface area contributed by atoms with Crippen LogP contribution < -0.4 is 5.73 Å². The van der Waals surface area contributed by atoms with Gasteiger partial charge in [-0.2, -0.15) is 0 Å². The van der Waals surface area contributed by atoms with Crippen molar-refractivity contribution in [3.63, 3.8) is 0 Å². The van der Waals surface area contributed by atoms with Gasteiger partial charge >= 0.3 is 0 Å². The highest BCUT2D eigenvalue weighted by Crippen LogP contribution is 2.19. The number of fused-ring (bicyclic) bond motifs is 1. The first-order valence-electron chi connectivity index (χ1n) is 4.06. The van der Waals surface area contributed by atoms with Crippen molar-refractivity contribution in [1.82, 2.24) is 9.38 Å². The Kier molecular flexibility index (Phi) is 1.98. The Bertz CT molecular complexity index is 447. The monoisotopic (exact) mass is 195 g/mol. The molecule has 2 aromatic heterocycles. The number of imidazole rings is 1. The molecule has 2 N–H and O–H groups in total. The minimum absolute atomic E-state index is 0.483. The molecule has 2 heterocycles. The molecule has 13 heavy (non-hydrogen) atoms. The molecule has 0 fully saturated rings. The molecule has 0 radical (unpaired) electrons. The van der Waals surface area contributed by atoms with E-state index in [1.54, 1.807) is 0 Å². The third kappa shape index (κ3) is 1.20. The summed E-state index contributed by atoms with van der Waals surface area (Å²) in [7, 11) is 0. The van der Waals surface area contributed by atoms with E-state index in [4.69, 9.17) is 17.3 Å². The van der Waals surface area contributed by atoms with Gasteiger partial charge in [-0.1, -0.05) is 17.7 Å². The molecule has 4 heteroatoms. The van der Waals surface area contributed by atoms with Crippen molar-refractivity contribution in [3.8, 4) is 0 Å². The van der Waals surface area contributed by atoms with Crippen LogP contribution in [0.4, 0.5) is 0 Å². The molecule has 0 aliphatic rings. The van der Waals surface area contributed by atoms with Crippen molar-refractivity contribution in [3.05, 3.63) is 34.7 Å². The summed E-state index contributed by atoms with van der Waals surface area (Å²) in [4.78, 5) is 4.33. The van der Waals surface area contributed by atoms with Crippen LogP contribution in [0.15, 0.2) is 18.3 Å². The van der Waals surface area contributed by atoms with Crippen LogP contribution in [-0.4, -0.2) is 9.38 Å². The number of nitrogens with zero attached hydrogens (tertiary/aromatic N) is 2. The molecule has 0 bridgehead atoms. The van der Waals surface area contributed by atoms with Crippen molar-refractivity contribution >= 4 is 17.2 Å². The third-order valence-electron chi connectivity index (χ3n) is 2.05. The average molecular weight is 196 g/mol. The maximum atomic E-state index is 6.03. The fourth-order valence-electron chi connectivity index (χ4n) is 1.37. The summed E-state index contributed by atoms with van der Waals surface area (Å²) in [6.45, 7) is 2.37. The number of hydrogen-bond donors (Lipinski definition) is 1. The Morgan fingerprint density at radius 3 is 3.08 bits per heavy atom. The van der Waals surface area contributed by atoms with Gasteiger partial charge in [0.25, 0.3) is 0 Å². The van der Waals surface area contributed by atoms with Gasteiger partial charge in [0.2, 0.25) is 0 Å². The number of halogens is 1. The molecular formula is C9H10ClN3. The summed E-state index contributed by atoms with van der Waals surface area (Å²) in [6, 6.07) is 3.88. The molecule has 0 atom stereocenters. The molecule has 68 valence electrons. The molecule has 0 saturated carbocycles. The normalized spacial score (nSPS) is 11.0. The summed E-state index contributed by atoms with van der Waals surface area (Å²) in [5, 5.41) is 0.658. The van der Waals surface area contributed by atoms with Crippen molar-refractivity contribution in [1.29, 1.82) is 0 Å². The fourth-order valence-corrected chi connectivity index (χ4v) is 1.55. The second-order valence-electron chi connectivity index (χ2n) is 2.92. The summed E-state index contributed by atoms with van der Waals surface area (Å²) in [6.07, 6.45) is 1.89. The van der Waals surface area contributed by atoms with E-state index in [1.165, 1.54) is 0 Å². The van der Waals surface area contributed by atoms with Crippen LogP contribution in [0, 0.1) is 6.92 Å². The SMILES string of the molecule is Cc1nc2c(CN)cccn2c1Cl. The Labute approximate surface area is 81.1 Å². The number of rotatable bonds is 1. The van der Waals surface area contributed by atoms with Gasteiger partial charge in [-0.15, -0.1) is 0 Å². The van der Waals surface area contributed by atoms with Crippen LogP contribution in [0.3, 0.4) is 0 Å². The van der Waals surface area contributed by atoms with E-state index < -0.39 is 0 Å². The summed E-state index contributed by atoms with van der Waals surface area (Å²) >= 11 is 6.03. The number of aromatic nitrogens is 2. The summed E-state index contributed by atoms with van der Waals surface area (Å²) < 4.78 is 1.85. The standard InChI is InChI=1S/C9H10ClN3/c1-6-8(10)13-4-2-3-7(5-11)9(13)12-6/h2-4H,5,11H2,1H3. The van der Waals surface area contributed by atoms with Gasteiger partial charge in [-0.3, -0.25) is 4.40 Å². The van der Waals surface area contributed by atoms with E-state index in [-0.39, 0.29) is 0 Å². The van der Waals surface area contributed by atoms with Gasteiger partial charge in [0.1, 0.15) is 10.8 Å². The molecule has 2 aromatic rings. The lowest BCUT2D eigenvalue weighted by Gasteiger charge is -1.99. The van der Waals surface area contributed by atoms with Gasteiger partial charge in [-0.25, -0.2) is 4.98 Å². The minimum atomic E-state index is 0.483. The van der Waals surface area contributed by atoms with E-state index in [0.717, 1.165) is 16.9 Å². The van der Waals surface area contributed by atoms with Crippen molar-refractivity contribution in [2.24, 2.45) is 5.73 Å². The van der Waals surface area contributed by atoms with Crippen LogP contribution in [0.1, 0.15) is 11.3 Å². The topological polar surface area (TPSA) is 43.3 Å². The summed E-state index contributed by atoms with van der Waals surface area (Å²) in [5.41, 5.74) is 8.28. The van der Waals surface area contributed by atoms with E-state index >= 15 is 0 Å².